The summed E-state index contributed by atoms with van der Waals surface area (Å²) in [4.78, 5) is 14.9. The van der Waals surface area contributed by atoms with Gasteiger partial charge in [0.25, 0.3) is 0 Å². The second kappa shape index (κ2) is 10.7. The maximum absolute atomic E-state index is 13.1. The first-order valence-electron chi connectivity index (χ1n) is 9.87. The predicted octanol–water partition coefficient (Wildman–Crippen LogP) is 5.41. The molecule has 1 heterocycles. The predicted molar refractivity (Wildman–Crippen MR) is 109 cm³/mol. The highest BCUT2D eigenvalue weighted by Crippen LogP contribution is 2.19. The van der Waals surface area contributed by atoms with E-state index in [0.29, 0.717) is 19.6 Å². The van der Waals surface area contributed by atoms with Crippen molar-refractivity contribution in [1.82, 2.24) is 9.47 Å². The molecule has 1 aromatic carbocycles. The van der Waals surface area contributed by atoms with Gasteiger partial charge in [-0.15, -0.1) is 6.58 Å². The van der Waals surface area contributed by atoms with Crippen LogP contribution in [0.5, 0.6) is 0 Å². The highest BCUT2D eigenvalue weighted by molar-refractivity contribution is 5.78. The Kier molecular flexibility index (Phi) is 8.31. The summed E-state index contributed by atoms with van der Waals surface area (Å²) in [6.45, 7) is 9.82. The third-order valence-electron chi connectivity index (χ3n) is 4.95. The van der Waals surface area contributed by atoms with Crippen molar-refractivity contribution < 1.29 is 9.18 Å². The summed E-state index contributed by atoms with van der Waals surface area (Å²) < 4.78 is 15.2. The Morgan fingerprint density at radius 2 is 2.00 bits per heavy atom. The van der Waals surface area contributed by atoms with Crippen LogP contribution >= 0.6 is 0 Å². The topological polar surface area (TPSA) is 25.2 Å². The maximum atomic E-state index is 13.1. The number of amides is 1. The van der Waals surface area contributed by atoms with Crippen LogP contribution in [-0.4, -0.2) is 21.9 Å². The molecule has 4 heteroatoms. The Balaban J connectivity index is 2.12. The van der Waals surface area contributed by atoms with Gasteiger partial charge in [0.15, 0.2) is 0 Å². The van der Waals surface area contributed by atoms with E-state index < -0.39 is 0 Å². The molecule has 27 heavy (non-hydrogen) atoms. The van der Waals surface area contributed by atoms with E-state index >= 15 is 0 Å². The van der Waals surface area contributed by atoms with Gasteiger partial charge in [-0.3, -0.25) is 4.79 Å². The summed E-state index contributed by atoms with van der Waals surface area (Å²) in [5.74, 6) is 0.0534. The number of nitrogens with zero attached hydrogens (tertiary/aromatic N) is 2. The van der Waals surface area contributed by atoms with Gasteiger partial charge in [0.2, 0.25) is 5.91 Å². The number of aromatic nitrogens is 1. The summed E-state index contributed by atoms with van der Waals surface area (Å²) >= 11 is 0. The molecule has 2 rings (SSSR count). The molecule has 0 aliphatic rings. The first-order valence-corrected chi connectivity index (χ1v) is 9.87. The monoisotopic (exact) mass is 370 g/mol. The standard InChI is InChI=1S/C23H31FN2O/c1-4-7-9-20(6-3)23(27)26(15-5-2)18-22-10-8-16-25(22)17-19-11-13-21(24)14-12-19/h5,8,10-14,16,20H,2,4,6-7,9,15,17-18H2,1,3H3/t20-/m0/s1. The molecule has 2 aromatic rings. The van der Waals surface area contributed by atoms with Gasteiger partial charge in [0.1, 0.15) is 5.82 Å². The van der Waals surface area contributed by atoms with E-state index in [0.717, 1.165) is 36.9 Å². The Morgan fingerprint density at radius 1 is 1.26 bits per heavy atom. The molecule has 146 valence electrons. The molecule has 0 aliphatic heterocycles. The molecule has 0 unspecified atom stereocenters. The average Bonchev–Trinajstić information content (AvgIpc) is 3.10. The fraction of sp³-hybridized carbons (Fsp3) is 0.435. The number of halogens is 1. The van der Waals surface area contributed by atoms with E-state index in [4.69, 9.17) is 0 Å². The van der Waals surface area contributed by atoms with Gasteiger partial charge in [-0.25, -0.2) is 4.39 Å². The van der Waals surface area contributed by atoms with Crippen molar-refractivity contribution in [2.75, 3.05) is 6.54 Å². The van der Waals surface area contributed by atoms with Crippen molar-refractivity contribution in [1.29, 1.82) is 0 Å². The van der Waals surface area contributed by atoms with Gasteiger partial charge in [-0.2, -0.15) is 0 Å². The molecule has 0 spiro atoms. The molecular weight excluding hydrogens is 339 g/mol. The molecule has 0 bridgehead atoms. The fourth-order valence-electron chi connectivity index (χ4n) is 3.33. The first kappa shape index (κ1) is 20.9. The zero-order valence-corrected chi connectivity index (χ0v) is 16.5. The van der Waals surface area contributed by atoms with E-state index in [1.165, 1.54) is 12.1 Å². The second-order valence-corrected chi connectivity index (χ2v) is 7.01. The van der Waals surface area contributed by atoms with Gasteiger partial charge in [-0.1, -0.05) is 44.9 Å². The van der Waals surface area contributed by atoms with Crippen LogP contribution in [0.4, 0.5) is 4.39 Å². The molecule has 0 N–H and O–H groups in total. The third kappa shape index (κ3) is 6.09. The number of unbranched alkanes of at least 4 members (excludes halogenated alkanes) is 1. The van der Waals surface area contributed by atoms with E-state index in [1.807, 2.05) is 23.2 Å². The zero-order valence-electron chi connectivity index (χ0n) is 16.5. The molecule has 0 saturated heterocycles. The second-order valence-electron chi connectivity index (χ2n) is 7.01. The summed E-state index contributed by atoms with van der Waals surface area (Å²) in [6, 6.07) is 10.6. The largest absolute Gasteiger partial charge is 0.345 e. The van der Waals surface area contributed by atoms with E-state index in [2.05, 4.69) is 25.0 Å². The SMILES string of the molecule is C=CCN(Cc1cccn1Cc1ccc(F)cc1)C(=O)[C@@H](CC)CCCC. The van der Waals surface area contributed by atoms with E-state index in [1.54, 1.807) is 18.2 Å². The molecule has 0 radical (unpaired) electrons. The van der Waals surface area contributed by atoms with Crippen molar-refractivity contribution in [2.24, 2.45) is 5.92 Å². The van der Waals surface area contributed by atoms with Crippen LogP contribution in [0.25, 0.3) is 0 Å². The fourth-order valence-corrected chi connectivity index (χ4v) is 3.33. The Hall–Kier alpha value is -2.36. The Labute approximate surface area is 162 Å². The Bertz CT molecular complexity index is 720. The lowest BCUT2D eigenvalue weighted by atomic mass is 9.97. The minimum atomic E-state index is -0.230. The van der Waals surface area contributed by atoms with Gasteiger partial charge < -0.3 is 9.47 Å². The minimum absolute atomic E-state index is 0.0745. The highest BCUT2D eigenvalue weighted by atomic mass is 19.1. The lowest BCUT2D eigenvalue weighted by Gasteiger charge is -2.26. The van der Waals surface area contributed by atoms with Crippen molar-refractivity contribution in [3.63, 3.8) is 0 Å². The van der Waals surface area contributed by atoms with E-state index in [9.17, 15) is 9.18 Å². The molecule has 0 saturated carbocycles. The number of hydrogen-bond donors (Lipinski definition) is 0. The molecule has 3 nitrogen and oxygen atoms in total. The van der Waals surface area contributed by atoms with Crippen LogP contribution in [0.2, 0.25) is 0 Å². The third-order valence-corrected chi connectivity index (χ3v) is 4.95. The highest BCUT2D eigenvalue weighted by Gasteiger charge is 2.22. The van der Waals surface area contributed by atoms with Crippen LogP contribution in [-0.2, 0) is 17.9 Å². The summed E-state index contributed by atoms with van der Waals surface area (Å²) in [6.07, 6.45) is 7.78. The molecule has 1 aromatic heterocycles. The summed E-state index contributed by atoms with van der Waals surface area (Å²) in [7, 11) is 0. The van der Waals surface area contributed by atoms with Crippen molar-refractivity contribution in [2.45, 2.75) is 52.6 Å². The van der Waals surface area contributed by atoms with Crippen LogP contribution in [0.1, 0.15) is 50.8 Å². The smallest absolute Gasteiger partial charge is 0.226 e. The average molecular weight is 371 g/mol. The molecule has 0 fully saturated rings. The van der Waals surface area contributed by atoms with Crippen LogP contribution in [0.15, 0.2) is 55.3 Å². The van der Waals surface area contributed by atoms with E-state index in [-0.39, 0.29) is 17.6 Å². The normalized spacial score (nSPS) is 12.0. The van der Waals surface area contributed by atoms with Crippen molar-refractivity contribution in [3.05, 3.63) is 72.3 Å². The van der Waals surface area contributed by atoms with Crippen molar-refractivity contribution in [3.8, 4) is 0 Å². The minimum Gasteiger partial charge on any atom is -0.345 e. The van der Waals surface area contributed by atoms with Gasteiger partial charge >= 0.3 is 0 Å². The van der Waals surface area contributed by atoms with Crippen LogP contribution in [0.3, 0.4) is 0 Å². The number of rotatable bonds is 11. The first-order chi connectivity index (χ1) is 13.1. The van der Waals surface area contributed by atoms with Gasteiger partial charge in [0.05, 0.1) is 6.54 Å². The van der Waals surface area contributed by atoms with Gasteiger partial charge in [0, 0.05) is 30.9 Å². The maximum Gasteiger partial charge on any atom is 0.226 e. The number of carbonyl (C=O) groups excluding carboxylic acids is 1. The number of benzene rings is 1. The Morgan fingerprint density at radius 3 is 2.63 bits per heavy atom. The van der Waals surface area contributed by atoms with Crippen LogP contribution in [0, 0.1) is 11.7 Å². The zero-order chi connectivity index (χ0) is 19.6. The lowest BCUT2D eigenvalue weighted by Crippen LogP contribution is -2.36. The molecule has 0 aliphatic carbocycles. The summed E-state index contributed by atoms with van der Waals surface area (Å²) in [5, 5.41) is 0. The molecule has 1 amide bonds. The molecule has 1 atom stereocenters. The quantitative estimate of drug-likeness (QED) is 0.486. The number of hydrogen-bond acceptors (Lipinski definition) is 1. The van der Waals surface area contributed by atoms with Gasteiger partial charge in [-0.05, 0) is 42.7 Å². The number of carbonyl (C=O) groups is 1. The lowest BCUT2D eigenvalue weighted by molar-refractivity contribution is -0.136. The van der Waals surface area contributed by atoms with Crippen molar-refractivity contribution >= 4 is 5.91 Å². The molecular formula is C23H31FN2O. The summed E-state index contributed by atoms with van der Waals surface area (Å²) in [5.41, 5.74) is 2.10. The van der Waals surface area contributed by atoms with Crippen LogP contribution < -0.4 is 0 Å².